The van der Waals surface area contributed by atoms with E-state index in [9.17, 15) is 9.18 Å². The maximum atomic E-state index is 13.4. The molecule has 0 saturated carbocycles. The SMILES string of the molecule is O=C(O)c1cc2c(Br)ccc(F)c2nc1Cl. The molecule has 0 bridgehead atoms. The second-order valence-electron chi connectivity index (χ2n) is 3.06. The van der Waals surface area contributed by atoms with Gasteiger partial charge in [0.15, 0.2) is 0 Å². The van der Waals surface area contributed by atoms with E-state index < -0.39 is 11.8 Å². The maximum Gasteiger partial charge on any atom is 0.338 e. The van der Waals surface area contributed by atoms with Crippen molar-refractivity contribution in [1.29, 1.82) is 0 Å². The second-order valence-corrected chi connectivity index (χ2v) is 4.27. The fraction of sp³-hybridized carbons (Fsp3) is 0. The first-order valence-corrected chi connectivity index (χ1v) is 5.35. The van der Waals surface area contributed by atoms with Crippen LogP contribution < -0.4 is 0 Å². The van der Waals surface area contributed by atoms with E-state index in [4.69, 9.17) is 16.7 Å². The predicted octanol–water partition coefficient (Wildman–Crippen LogP) is 3.49. The molecule has 0 atom stereocenters. The van der Waals surface area contributed by atoms with E-state index in [1.807, 2.05) is 0 Å². The average Bonchev–Trinajstić information content (AvgIpc) is 2.23. The maximum absolute atomic E-state index is 13.4. The fourth-order valence-electron chi connectivity index (χ4n) is 1.32. The van der Waals surface area contributed by atoms with Gasteiger partial charge in [0.1, 0.15) is 16.5 Å². The van der Waals surface area contributed by atoms with Crippen LogP contribution in [0.5, 0.6) is 0 Å². The number of benzene rings is 1. The molecule has 0 fully saturated rings. The van der Waals surface area contributed by atoms with Crippen molar-refractivity contribution in [1.82, 2.24) is 4.98 Å². The zero-order chi connectivity index (χ0) is 11.9. The van der Waals surface area contributed by atoms with E-state index in [1.165, 1.54) is 18.2 Å². The number of rotatable bonds is 1. The summed E-state index contributed by atoms with van der Waals surface area (Å²) >= 11 is 8.84. The first-order valence-electron chi connectivity index (χ1n) is 4.18. The van der Waals surface area contributed by atoms with Crippen LogP contribution in [0.1, 0.15) is 10.4 Å². The highest BCUT2D eigenvalue weighted by Crippen LogP contribution is 2.28. The van der Waals surface area contributed by atoms with Crippen LogP contribution in [0.25, 0.3) is 10.9 Å². The number of pyridine rings is 1. The first kappa shape index (κ1) is 11.3. The number of aromatic carboxylic acids is 1. The molecule has 82 valence electrons. The molecule has 1 N–H and O–H groups in total. The number of carboxylic acid groups (broad SMARTS) is 1. The van der Waals surface area contributed by atoms with Crippen LogP contribution >= 0.6 is 27.5 Å². The van der Waals surface area contributed by atoms with Gasteiger partial charge >= 0.3 is 5.97 Å². The van der Waals surface area contributed by atoms with E-state index >= 15 is 0 Å². The van der Waals surface area contributed by atoms with E-state index in [2.05, 4.69) is 20.9 Å². The number of halogens is 3. The lowest BCUT2D eigenvalue weighted by atomic mass is 10.1. The summed E-state index contributed by atoms with van der Waals surface area (Å²) in [5.74, 6) is -1.74. The van der Waals surface area contributed by atoms with Gasteiger partial charge in [-0.15, -0.1) is 0 Å². The van der Waals surface area contributed by atoms with Gasteiger partial charge in [0.2, 0.25) is 0 Å². The Morgan fingerprint density at radius 1 is 1.50 bits per heavy atom. The normalized spacial score (nSPS) is 10.7. The monoisotopic (exact) mass is 303 g/mol. The smallest absolute Gasteiger partial charge is 0.338 e. The molecule has 1 aromatic heterocycles. The summed E-state index contributed by atoms with van der Waals surface area (Å²) in [5.41, 5.74) is -0.107. The van der Waals surface area contributed by atoms with Gasteiger partial charge < -0.3 is 5.11 Å². The summed E-state index contributed by atoms with van der Waals surface area (Å²) < 4.78 is 14.0. The molecule has 3 nitrogen and oxygen atoms in total. The van der Waals surface area contributed by atoms with E-state index in [-0.39, 0.29) is 16.2 Å². The Morgan fingerprint density at radius 3 is 2.81 bits per heavy atom. The molecule has 0 aliphatic carbocycles. The van der Waals surface area contributed by atoms with Crippen molar-refractivity contribution < 1.29 is 14.3 Å². The average molecular weight is 305 g/mol. The molecule has 0 amide bonds. The minimum atomic E-state index is -1.20. The number of fused-ring (bicyclic) bond motifs is 1. The number of hydrogen-bond acceptors (Lipinski definition) is 2. The van der Waals surface area contributed by atoms with Gasteiger partial charge in [-0.25, -0.2) is 14.2 Å². The van der Waals surface area contributed by atoms with Crippen LogP contribution in [0.3, 0.4) is 0 Å². The Morgan fingerprint density at radius 2 is 2.19 bits per heavy atom. The van der Waals surface area contributed by atoms with Gasteiger partial charge in [-0.1, -0.05) is 27.5 Å². The van der Waals surface area contributed by atoms with Gasteiger partial charge in [0, 0.05) is 9.86 Å². The van der Waals surface area contributed by atoms with Crippen molar-refractivity contribution >= 4 is 44.4 Å². The number of hydrogen-bond donors (Lipinski definition) is 1. The summed E-state index contributed by atoms with van der Waals surface area (Å²) in [4.78, 5) is 14.6. The molecule has 0 saturated heterocycles. The van der Waals surface area contributed by atoms with Crippen LogP contribution in [0, 0.1) is 5.82 Å². The lowest BCUT2D eigenvalue weighted by Gasteiger charge is -2.04. The van der Waals surface area contributed by atoms with E-state index in [1.54, 1.807) is 0 Å². The minimum absolute atomic E-state index is 0.0457. The molecule has 16 heavy (non-hydrogen) atoms. The number of carbonyl (C=O) groups is 1. The van der Waals surface area contributed by atoms with Crippen LogP contribution in [0.15, 0.2) is 22.7 Å². The lowest BCUT2D eigenvalue weighted by Crippen LogP contribution is -2.00. The Labute approximate surface area is 103 Å². The van der Waals surface area contributed by atoms with E-state index in [0.29, 0.717) is 9.86 Å². The number of carboxylic acids is 1. The van der Waals surface area contributed by atoms with Crippen molar-refractivity contribution in [3.63, 3.8) is 0 Å². The quantitative estimate of drug-likeness (QED) is 0.821. The molecule has 0 aliphatic rings. The third-order valence-corrected chi connectivity index (χ3v) is 3.05. The molecule has 0 aliphatic heterocycles. The summed E-state index contributed by atoms with van der Waals surface area (Å²) in [6.07, 6.45) is 0. The Kier molecular flexibility index (Phi) is 2.82. The Hall–Kier alpha value is -1.20. The molecule has 0 unspecified atom stereocenters. The third-order valence-electron chi connectivity index (χ3n) is 2.07. The van der Waals surface area contributed by atoms with Crippen LogP contribution in [-0.2, 0) is 0 Å². The minimum Gasteiger partial charge on any atom is -0.478 e. The molecular formula is C10H4BrClFNO2. The Bertz CT molecular complexity index is 603. The van der Waals surface area contributed by atoms with Gasteiger partial charge in [0.05, 0.1) is 5.56 Å². The van der Waals surface area contributed by atoms with Crippen molar-refractivity contribution in [2.75, 3.05) is 0 Å². The van der Waals surface area contributed by atoms with Crippen molar-refractivity contribution in [2.24, 2.45) is 0 Å². The second kappa shape index (κ2) is 3.99. The van der Waals surface area contributed by atoms with Crippen LogP contribution in [-0.4, -0.2) is 16.1 Å². The molecule has 6 heteroatoms. The molecular weight excluding hydrogens is 300 g/mol. The van der Waals surface area contributed by atoms with Crippen molar-refractivity contribution in [2.45, 2.75) is 0 Å². The predicted molar refractivity (Wildman–Crippen MR) is 61.4 cm³/mol. The fourth-order valence-corrected chi connectivity index (χ4v) is 1.97. The molecule has 2 aromatic rings. The van der Waals surface area contributed by atoms with Crippen molar-refractivity contribution in [3.05, 3.63) is 39.2 Å². The van der Waals surface area contributed by atoms with E-state index in [0.717, 1.165) is 0 Å². The zero-order valence-electron chi connectivity index (χ0n) is 7.67. The molecule has 0 radical (unpaired) electrons. The zero-order valence-corrected chi connectivity index (χ0v) is 10.0. The highest BCUT2D eigenvalue weighted by molar-refractivity contribution is 9.10. The van der Waals surface area contributed by atoms with Gasteiger partial charge in [0.25, 0.3) is 0 Å². The topological polar surface area (TPSA) is 50.2 Å². The van der Waals surface area contributed by atoms with Crippen LogP contribution in [0.4, 0.5) is 4.39 Å². The molecule has 2 rings (SSSR count). The molecule has 0 spiro atoms. The lowest BCUT2D eigenvalue weighted by molar-refractivity contribution is 0.0697. The van der Waals surface area contributed by atoms with Crippen LogP contribution in [0.2, 0.25) is 5.15 Å². The molecule has 1 heterocycles. The summed E-state index contributed by atoms with van der Waals surface area (Å²) in [7, 11) is 0. The highest BCUT2D eigenvalue weighted by Gasteiger charge is 2.14. The van der Waals surface area contributed by atoms with Gasteiger partial charge in [-0.2, -0.15) is 0 Å². The first-order chi connectivity index (χ1) is 7.50. The summed E-state index contributed by atoms with van der Waals surface area (Å²) in [6.45, 7) is 0. The van der Waals surface area contributed by atoms with Crippen molar-refractivity contribution in [3.8, 4) is 0 Å². The van der Waals surface area contributed by atoms with Gasteiger partial charge in [-0.3, -0.25) is 0 Å². The summed E-state index contributed by atoms with van der Waals surface area (Å²) in [5, 5.41) is 9.00. The Balaban J connectivity index is 2.89. The number of nitrogens with zero attached hydrogens (tertiary/aromatic N) is 1. The standard InChI is InChI=1S/C10H4BrClFNO2/c11-6-1-2-7(13)8-4(6)3-5(10(15)16)9(12)14-8/h1-3H,(H,15,16). The largest absolute Gasteiger partial charge is 0.478 e. The van der Waals surface area contributed by atoms with Gasteiger partial charge in [-0.05, 0) is 18.2 Å². The summed E-state index contributed by atoms with van der Waals surface area (Å²) in [6, 6.07) is 4.01. The number of aromatic nitrogens is 1. The molecule has 1 aromatic carbocycles. The highest BCUT2D eigenvalue weighted by atomic mass is 79.9. The third kappa shape index (κ3) is 1.76.